The van der Waals surface area contributed by atoms with Crippen LogP contribution in [0.4, 0.5) is 11.9 Å². The lowest BCUT2D eigenvalue weighted by molar-refractivity contribution is 0.641. The first kappa shape index (κ1) is 14.2. The number of hydrogen-bond donors (Lipinski definition) is 1. The summed E-state index contributed by atoms with van der Waals surface area (Å²) in [7, 11) is 5.63. The summed E-state index contributed by atoms with van der Waals surface area (Å²) in [6.45, 7) is 3.11. The highest BCUT2D eigenvalue weighted by Crippen LogP contribution is 2.11. The van der Waals surface area contributed by atoms with Crippen molar-refractivity contribution in [2.45, 2.75) is 26.3 Å². The predicted molar refractivity (Wildman–Crippen MR) is 79.0 cm³/mol. The third kappa shape index (κ3) is 3.23. The molecule has 0 amide bonds. The number of aryl methyl sites for hydroxylation is 1. The molecule has 0 saturated carbocycles. The molecule has 7 heteroatoms. The average molecular weight is 275 g/mol. The fourth-order valence-electron chi connectivity index (χ4n) is 1.89. The van der Waals surface area contributed by atoms with Crippen LogP contribution in [-0.4, -0.2) is 45.6 Å². The van der Waals surface area contributed by atoms with Gasteiger partial charge in [-0.15, -0.1) is 0 Å². The molecule has 2 aromatic heterocycles. The van der Waals surface area contributed by atoms with Gasteiger partial charge in [-0.25, -0.2) is 4.98 Å². The summed E-state index contributed by atoms with van der Waals surface area (Å²) in [4.78, 5) is 19.4. The smallest absolute Gasteiger partial charge is 0.229 e. The van der Waals surface area contributed by atoms with Crippen LogP contribution in [0, 0.1) is 0 Å². The Morgan fingerprint density at radius 1 is 1.25 bits per heavy atom. The standard InChI is InChI=1S/C13H21N7/c1-5-7-20-8-6-15-11(20)9-10-16-12(14-2)18-13(17-10)19(3)4/h6,8H,5,7,9H2,1-4H3,(H,14,16,17,18). The van der Waals surface area contributed by atoms with Crippen molar-refractivity contribution in [2.24, 2.45) is 0 Å². The van der Waals surface area contributed by atoms with E-state index in [0.29, 0.717) is 18.3 Å². The molecule has 0 atom stereocenters. The van der Waals surface area contributed by atoms with Gasteiger partial charge in [0, 0.05) is 40.1 Å². The predicted octanol–water partition coefficient (Wildman–Crippen LogP) is 1.18. The Balaban J connectivity index is 2.28. The Kier molecular flexibility index (Phi) is 4.49. The molecule has 0 aliphatic heterocycles. The lowest BCUT2D eigenvalue weighted by atomic mass is 10.3. The van der Waals surface area contributed by atoms with Gasteiger partial charge in [0.05, 0.1) is 6.42 Å². The molecular formula is C13H21N7. The normalized spacial score (nSPS) is 10.6. The fraction of sp³-hybridized carbons (Fsp3) is 0.538. The van der Waals surface area contributed by atoms with Gasteiger partial charge in [0.25, 0.3) is 0 Å². The number of nitrogens with one attached hydrogen (secondary N) is 1. The molecule has 0 radical (unpaired) electrons. The molecule has 1 N–H and O–H groups in total. The lowest BCUT2D eigenvalue weighted by Crippen LogP contribution is -2.17. The van der Waals surface area contributed by atoms with Crippen molar-refractivity contribution in [1.29, 1.82) is 0 Å². The molecule has 0 bridgehead atoms. The molecule has 0 spiro atoms. The first-order chi connectivity index (χ1) is 9.63. The van der Waals surface area contributed by atoms with Gasteiger partial charge in [-0.1, -0.05) is 6.92 Å². The minimum Gasteiger partial charge on any atom is -0.357 e. The van der Waals surface area contributed by atoms with Crippen LogP contribution in [-0.2, 0) is 13.0 Å². The number of rotatable bonds is 6. The molecule has 0 aliphatic rings. The molecule has 0 aliphatic carbocycles. The van der Waals surface area contributed by atoms with E-state index in [1.165, 1.54) is 0 Å². The molecule has 108 valence electrons. The fourth-order valence-corrected chi connectivity index (χ4v) is 1.89. The Bertz CT molecular complexity index is 562. The van der Waals surface area contributed by atoms with E-state index in [1.807, 2.05) is 31.4 Å². The molecular weight excluding hydrogens is 254 g/mol. The van der Waals surface area contributed by atoms with Gasteiger partial charge in [-0.3, -0.25) is 0 Å². The Hall–Kier alpha value is -2.18. The Morgan fingerprint density at radius 2 is 2.05 bits per heavy atom. The van der Waals surface area contributed by atoms with Crippen molar-refractivity contribution >= 4 is 11.9 Å². The summed E-state index contributed by atoms with van der Waals surface area (Å²) >= 11 is 0. The molecule has 20 heavy (non-hydrogen) atoms. The summed E-state index contributed by atoms with van der Waals surface area (Å²) in [6.07, 6.45) is 5.49. The minimum atomic E-state index is 0.576. The van der Waals surface area contributed by atoms with Gasteiger partial charge in [0.2, 0.25) is 11.9 Å². The first-order valence-electron chi connectivity index (χ1n) is 6.74. The second-order valence-electron chi connectivity index (χ2n) is 4.73. The molecule has 0 aromatic carbocycles. The van der Waals surface area contributed by atoms with Crippen molar-refractivity contribution in [3.8, 4) is 0 Å². The maximum atomic E-state index is 4.47. The van der Waals surface area contributed by atoms with Crippen molar-refractivity contribution in [2.75, 3.05) is 31.4 Å². The van der Waals surface area contributed by atoms with Crippen LogP contribution in [0.15, 0.2) is 12.4 Å². The zero-order valence-corrected chi connectivity index (χ0v) is 12.5. The highest BCUT2D eigenvalue weighted by Gasteiger charge is 2.10. The number of nitrogens with zero attached hydrogens (tertiary/aromatic N) is 6. The summed E-state index contributed by atoms with van der Waals surface area (Å²) < 4.78 is 2.14. The van der Waals surface area contributed by atoms with E-state index in [2.05, 4.69) is 36.7 Å². The summed E-state index contributed by atoms with van der Waals surface area (Å²) in [5.74, 6) is 2.92. The lowest BCUT2D eigenvalue weighted by Gasteiger charge is -2.12. The topological polar surface area (TPSA) is 71.8 Å². The monoisotopic (exact) mass is 275 g/mol. The van der Waals surface area contributed by atoms with Crippen molar-refractivity contribution < 1.29 is 0 Å². The quantitative estimate of drug-likeness (QED) is 0.853. The van der Waals surface area contributed by atoms with Crippen molar-refractivity contribution in [3.63, 3.8) is 0 Å². The van der Waals surface area contributed by atoms with Crippen molar-refractivity contribution in [1.82, 2.24) is 24.5 Å². The van der Waals surface area contributed by atoms with Crippen LogP contribution in [0.3, 0.4) is 0 Å². The number of hydrogen-bond acceptors (Lipinski definition) is 6. The maximum Gasteiger partial charge on any atom is 0.229 e. The Morgan fingerprint density at radius 3 is 2.70 bits per heavy atom. The summed E-state index contributed by atoms with van der Waals surface area (Å²) in [5, 5.41) is 2.97. The van der Waals surface area contributed by atoms with E-state index in [-0.39, 0.29) is 0 Å². The SMILES string of the molecule is CCCn1ccnc1Cc1nc(NC)nc(N(C)C)n1. The highest BCUT2D eigenvalue weighted by atomic mass is 15.3. The minimum absolute atomic E-state index is 0.576. The van der Waals surface area contributed by atoms with E-state index < -0.39 is 0 Å². The van der Waals surface area contributed by atoms with Gasteiger partial charge in [0.1, 0.15) is 11.6 Å². The van der Waals surface area contributed by atoms with Crippen LogP contribution in [0.2, 0.25) is 0 Å². The molecule has 2 heterocycles. The zero-order chi connectivity index (χ0) is 14.5. The van der Waals surface area contributed by atoms with Crippen molar-refractivity contribution in [3.05, 3.63) is 24.0 Å². The third-order valence-corrected chi connectivity index (χ3v) is 2.88. The van der Waals surface area contributed by atoms with Gasteiger partial charge in [0.15, 0.2) is 0 Å². The van der Waals surface area contributed by atoms with Gasteiger partial charge >= 0.3 is 0 Å². The summed E-state index contributed by atoms with van der Waals surface area (Å²) in [5.41, 5.74) is 0. The van der Waals surface area contributed by atoms with Crippen LogP contribution in [0.25, 0.3) is 0 Å². The van der Waals surface area contributed by atoms with Crippen LogP contribution >= 0.6 is 0 Å². The molecule has 2 aromatic rings. The molecule has 0 saturated heterocycles. The number of imidazole rings is 1. The maximum absolute atomic E-state index is 4.47. The zero-order valence-electron chi connectivity index (χ0n) is 12.5. The second kappa shape index (κ2) is 6.31. The van der Waals surface area contributed by atoms with Gasteiger partial charge < -0.3 is 14.8 Å². The second-order valence-corrected chi connectivity index (χ2v) is 4.73. The average Bonchev–Trinajstić information content (AvgIpc) is 2.86. The van der Waals surface area contributed by atoms with Gasteiger partial charge in [-0.2, -0.15) is 15.0 Å². The van der Waals surface area contributed by atoms with Gasteiger partial charge in [-0.05, 0) is 6.42 Å². The van der Waals surface area contributed by atoms with E-state index in [9.17, 15) is 0 Å². The summed E-state index contributed by atoms with van der Waals surface area (Å²) in [6, 6.07) is 0. The Labute approximate surface area is 119 Å². The number of aromatic nitrogens is 5. The first-order valence-corrected chi connectivity index (χ1v) is 6.74. The number of anilines is 2. The van der Waals surface area contributed by atoms with E-state index in [1.54, 1.807) is 7.05 Å². The molecule has 0 unspecified atom stereocenters. The van der Waals surface area contributed by atoms with E-state index >= 15 is 0 Å². The molecule has 2 rings (SSSR count). The van der Waals surface area contributed by atoms with Crippen LogP contribution in [0.5, 0.6) is 0 Å². The molecule has 0 fully saturated rings. The van der Waals surface area contributed by atoms with Crippen LogP contribution in [0.1, 0.15) is 25.0 Å². The van der Waals surface area contributed by atoms with Crippen LogP contribution < -0.4 is 10.2 Å². The largest absolute Gasteiger partial charge is 0.357 e. The van der Waals surface area contributed by atoms with E-state index in [4.69, 9.17) is 0 Å². The van der Waals surface area contributed by atoms with E-state index in [0.717, 1.165) is 24.6 Å². The molecule has 7 nitrogen and oxygen atoms in total. The highest BCUT2D eigenvalue weighted by molar-refractivity contribution is 5.35. The third-order valence-electron chi connectivity index (χ3n) is 2.88.